The predicted octanol–water partition coefficient (Wildman–Crippen LogP) is 4.20. The summed E-state index contributed by atoms with van der Waals surface area (Å²) in [6.07, 6.45) is 8.49. The zero-order chi connectivity index (χ0) is 13.3. The molecule has 2 aliphatic carbocycles. The topological polar surface area (TPSA) is 12.0 Å². The Morgan fingerprint density at radius 1 is 1.21 bits per heavy atom. The van der Waals surface area contributed by atoms with E-state index in [2.05, 4.69) is 43.4 Å². The molecule has 1 N–H and O–H groups in total. The van der Waals surface area contributed by atoms with Gasteiger partial charge >= 0.3 is 0 Å². The van der Waals surface area contributed by atoms with Crippen LogP contribution in [0, 0.1) is 12.3 Å². The van der Waals surface area contributed by atoms with Gasteiger partial charge in [0.2, 0.25) is 0 Å². The Bertz CT molecular complexity index is 437. The minimum Gasteiger partial charge on any atom is -0.316 e. The number of rotatable bonds is 5. The molecule has 1 aromatic carbocycles. The molecule has 0 atom stereocenters. The van der Waals surface area contributed by atoms with E-state index in [-0.39, 0.29) is 0 Å². The molecule has 0 heterocycles. The average molecular weight is 257 g/mol. The maximum Gasteiger partial charge on any atom is 0.00884 e. The molecular weight excluding hydrogens is 230 g/mol. The lowest BCUT2D eigenvalue weighted by Crippen LogP contribution is -2.57. The van der Waals surface area contributed by atoms with Gasteiger partial charge in [-0.1, -0.05) is 43.2 Å². The third-order valence-electron chi connectivity index (χ3n) is 5.36. The van der Waals surface area contributed by atoms with Crippen molar-refractivity contribution in [1.29, 1.82) is 0 Å². The molecule has 104 valence electrons. The highest BCUT2D eigenvalue weighted by Gasteiger charge is 2.57. The van der Waals surface area contributed by atoms with Crippen molar-refractivity contribution in [3.8, 4) is 0 Å². The van der Waals surface area contributed by atoms with Gasteiger partial charge in [0, 0.05) is 12.0 Å². The van der Waals surface area contributed by atoms with Crippen LogP contribution in [0.3, 0.4) is 0 Å². The monoisotopic (exact) mass is 257 g/mol. The van der Waals surface area contributed by atoms with Gasteiger partial charge in [-0.25, -0.2) is 0 Å². The van der Waals surface area contributed by atoms with E-state index in [4.69, 9.17) is 0 Å². The number of nitrogens with one attached hydrogen (secondary N) is 1. The van der Waals surface area contributed by atoms with Crippen LogP contribution in [-0.4, -0.2) is 13.1 Å². The van der Waals surface area contributed by atoms with Crippen LogP contribution in [0.25, 0.3) is 0 Å². The van der Waals surface area contributed by atoms with Crippen molar-refractivity contribution >= 4 is 0 Å². The molecular formula is C18H27N. The van der Waals surface area contributed by atoms with E-state index < -0.39 is 0 Å². The zero-order valence-corrected chi connectivity index (χ0v) is 12.5. The van der Waals surface area contributed by atoms with E-state index in [1.165, 1.54) is 50.6 Å². The first-order valence-corrected chi connectivity index (χ1v) is 7.96. The van der Waals surface area contributed by atoms with Gasteiger partial charge in [-0.15, -0.1) is 0 Å². The highest BCUT2D eigenvalue weighted by atomic mass is 14.9. The lowest BCUT2D eigenvalue weighted by molar-refractivity contribution is -0.0482. The molecule has 19 heavy (non-hydrogen) atoms. The molecule has 2 fully saturated rings. The highest BCUT2D eigenvalue weighted by molar-refractivity contribution is 5.35. The van der Waals surface area contributed by atoms with Gasteiger partial charge in [0.05, 0.1) is 0 Å². The molecule has 0 aliphatic heterocycles. The summed E-state index contributed by atoms with van der Waals surface area (Å²) in [7, 11) is 0. The van der Waals surface area contributed by atoms with Gasteiger partial charge in [0.15, 0.2) is 0 Å². The van der Waals surface area contributed by atoms with Crippen LogP contribution >= 0.6 is 0 Å². The first-order chi connectivity index (χ1) is 9.18. The van der Waals surface area contributed by atoms with Crippen molar-refractivity contribution in [3.63, 3.8) is 0 Å². The van der Waals surface area contributed by atoms with E-state index in [1.807, 2.05) is 0 Å². The number of benzene rings is 1. The van der Waals surface area contributed by atoms with E-state index in [0.29, 0.717) is 5.41 Å². The Hall–Kier alpha value is -0.820. The molecule has 1 spiro atoms. The second kappa shape index (κ2) is 4.94. The molecule has 1 heteroatoms. The summed E-state index contributed by atoms with van der Waals surface area (Å²) in [5, 5.41) is 3.68. The Labute approximate surface area is 117 Å². The van der Waals surface area contributed by atoms with Crippen LogP contribution in [-0.2, 0) is 5.41 Å². The van der Waals surface area contributed by atoms with E-state index >= 15 is 0 Å². The van der Waals surface area contributed by atoms with Crippen molar-refractivity contribution in [2.75, 3.05) is 13.1 Å². The van der Waals surface area contributed by atoms with Gasteiger partial charge < -0.3 is 5.32 Å². The van der Waals surface area contributed by atoms with Crippen molar-refractivity contribution in [1.82, 2.24) is 5.32 Å². The minimum atomic E-state index is 0.432. The summed E-state index contributed by atoms with van der Waals surface area (Å²) in [6, 6.07) is 9.22. The second-order valence-corrected chi connectivity index (χ2v) is 7.03. The second-order valence-electron chi connectivity index (χ2n) is 7.03. The fourth-order valence-electron chi connectivity index (χ4n) is 4.32. The van der Waals surface area contributed by atoms with Gasteiger partial charge in [-0.3, -0.25) is 0 Å². The smallest absolute Gasteiger partial charge is 0.00884 e. The van der Waals surface area contributed by atoms with Crippen LogP contribution in [0.2, 0.25) is 0 Å². The quantitative estimate of drug-likeness (QED) is 0.780. The summed E-state index contributed by atoms with van der Waals surface area (Å²) in [6.45, 7) is 6.79. The Morgan fingerprint density at radius 3 is 2.58 bits per heavy atom. The Morgan fingerprint density at radius 2 is 2.00 bits per heavy atom. The zero-order valence-electron chi connectivity index (χ0n) is 12.5. The molecule has 0 amide bonds. The fraction of sp³-hybridized carbons (Fsp3) is 0.667. The van der Waals surface area contributed by atoms with Crippen molar-refractivity contribution in [2.24, 2.45) is 5.41 Å². The summed E-state index contributed by atoms with van der Waals surface area (Å²) in [5.41, 5.74) is 4.15. The standard InChI is InChI=1S/C18H27N/c1-3-10-19-14-18(12-17(13-18)8-5-9-17)16-7-4-6-15(2)11-16/h4,6-7,11,19H,3,5,8-10,12-14H2,1-2H3. The van der Waals surface area contributed by atoms with E-state index in [9.17, 15) is 0 Å². The summed E-state index contributed by atoms with van der Waals surface area (Å²) in [5.74, 6) is 0. The van der Waals surface area contributed by atoms with Crippen LogP contribution in [0.5, 0.6) is 0 Å². The molecule has 3 rings (SSSR count). The maximum atomic E-state index is 3.68. The Kier molecular flexibility index (Phi) is 3.42. The summed E-state index contributed by atoms with van der Waals surface area (Å²) >= 11 is 0. The predicted molar refractivity (Wildman–Crippen MR) is 81.5 cm³/mol. The van der Waals surface area contributed by atoms with Crippen LogP contribution in [0.1, 0.15) is 56.6 Å². The third-order valence-corrected chi connectivity index (χ3v) is 5.36. The minimum absolute atomic E-state index is 0.432. The van der Waals surface area contributed by atoms with Crippen molar-refractivity contribution < 1.29 is 0 Å². The number of hydrogen-bond acceptors (Lipinski definition) is 1. The number of aryl methyl sites for hydroxylation is 1. The normalized spacial score (nSPS) is 22.8. The molecule has 0 bridgehead atoms. The van der Waals surface area contributed by atoms with Crippen molar-refractivity contribution in [2.45, 2.75) is 57.8 Å². The molecule has 1 nitrogen and oxygen atoms in total. The van der Waals surface area contributed by atoms with Crippen molar-refractivity contribution in [3.05, 3.63) is 35.4 Å². The largest absolute Gasteiger partial charge is 0.316 e. The molecule has 1 aromatic rings. The molecule has 0 aromatic heterocycles. The van der Waals surface area contributed by atoms with Gasteiger partial charge in [-0.05, 0) is 56.6 Å². The molecule has 2 aliphatic rings. The van der Waals surface area contributed by atoms with Gasteiger partial charge in [0.1, 0.15) is 0 Å². The van der Waals surface area contributed by atoms with Crippen LogP contribution in [0.4, 0.5) is 0 Å². The van der Waals surface area contributed by atoms with Gasteiger partial charge in [-0.2, -0.15) is 0 Å². The lowest BCUT2D eigenvalue weighted by Gasteiger charge is -2.62. The van der Waals surface area contributed by atoms with Gasteiger partial charge in [0.25, 0.3) is 0 Å². The van der Waals surface area contributed by atoms with Crippen LogP contribution in [0.15, 0.2) is 24.3 Å². The maximum absolute atomic E-state index is 3.68. The van der Waals surface area contributed by atoms with Crippen LogP contribution < -0.4 is 5.32 Å². The lowest BCUT2D eigenvalue weighted by atomic mass is 9.43. The van der Waals surface area contributed by atoms with E-state index in [0.717, 1.165) is 12.0 Å². The third kappa shape index (κ3) is 2.33. The summed E-state index contributed by atoms with van der Waals surface area (Å²) < 4.78 is 0. The number of hydrogen-bond donors (Lipinski definition) is 1. The highest BCUT2D eigenvalue weighted by Crippen LogP contribution is 2.64. The fourth-order valence-corrected chi connectivity index (χ4v) is 4.32. The molecule has 0 saturated heterocycles. The molecule has 0 radical (unpaired) electrons. The SMILES string of the molecule is CCCNCC1(c2cccc(C)c2)CC2(CCC2)C1. The molecule has 0 unspecified atom stereocenters. The summed E-state index contributed by atoms with van der Waals surface area (Å²) in [4.78, 5) is 0. The average Bonchev–Trinajstić information content (AvgIpc) is 2.30. The first kappa shape index (κ1) is 13.2. The molecule has 2 saturated carbocycles. The Balaban J connectivity index is 1.77. The van der Waals surface area contributed by atoms with E-state index in [1.54, 1.807) is 5.56 Å². The first-order valence-electron chi connectivity index (χ1n) is 7.96.